The second-order valence-corrected chi connectivity index (χ2v) is 8.13. The molecule has 1 aliphatic rings. The van der Waals surface area contributed by atoms with Gasteiger partial charge in [-0.15, -0.1) is 0 Å². The van der Waals surface area contributed by atoms with Crippen LogP contribution in [0.2, 0.25) is 0 Å². The molecular formula is C24H22N6O. The highest BCUT2D eigenvalue weighted by Gasteiger charge is 2.17. The van der Waals surface area contributed by atoms with Crippen LogP contribution < -0.4 is 5.32 Å². The van der Waals surface area contributed by atoms with Gasteiger partial charge in [0.05, 0.1) is 24.1 Å². The molecule has 1 amide bonds. The Labute approximate surface area is 178 Å². The number of H-pyrrole nitrogens is 1. The molecule has 0 unspecified atom stereocenters. The van der Waals surface area contributed by atoms with Crippen LogP contribution in [-0.2, 0) is 19.4 Å². The van der Waals surface area contributed by atoms with Crippen LogP contribution in [0.1, 0.15) is 40.2 Å². The summed E-state index contributed by atoms with van der Waals surface area (Å²) in [6.45, 7) is 0.541. The van der Waals surface area contributed by atoms with E-state index in [1.54, 1.807) is 10.9 Å². The maximum atomic E-state index is 12.9. The standard InChI is InChI=1S/C24H22N6O/c31-24(16-8-9-22-20(11-16)19-5-1-2-6-21(19)28-22)27-17-12-25-30(14-17)15-18-13-29-10-4-3-7-23(29)26-18/h3-4,7-14,28H,1-2,5-6,15H2,(H,27,31). The van der Waals surface area contributed by atoms with Crippen LogP contribution in [0.5, 0.6) is 0 Å². The molecule has 4 aromatic heterocycles. The second-order valence-electron chi connectivity index (χ2n) is 8.13. The zero-order valence-corrected chi connectivity index (χ0v) is 17.0. The third-order valence-corrected chi connectivity index (χ3v) is 5.99. The van der Waals surface area contributed by atoms with Gasteiger partial charge in [-0.05, 0) is 61.6 Å². The molecule has 0 aliphatic heterocycles. The highest BCUT2D eigenvalue weighted by atomic mass is 16.1. The van der Waals surface area contributed by atoms with E-state index in [0.717, 1.165) is 29.7 Å². The fraction of sp³-hybridized carbons (Fsp3) is 0.208. The Hall–Kier alpha value is -3.87. The summed E-state index contributed by atoms with van der Waals surface area (Å²) >= 11 is 0. The molecule has 0 saturated heterocycles. The molecule has 0 spiro atoms. The zero-order chi connectivity index (χ0) is 20.8. The molecule has 7 heteroatoms. The summed E-state index contributed by atoms with van der Waals surface area (Å²) in [6, 6.07) is 11.8. The predicted molar refractivity (Wildman–Crippen MR) is 119 cm³/mol. The minimum Gasteiger partial charge on any atom is -0.358 e. The van der Waals surface area contributed by atoms with Gasteiger partial charge in [0.15, 0.2) is 0 Å². The first-order valence-corrected chi connectivity index (χ1v) is 10.6. The molecular weight excluding hydrogens is 388 g/mol. The van der Waals surface area contributed by atoms with Gasteiger partial charge in [-0.1, -0.05) is 6.07 Å². The number of anilines is 1. The number of aromatic amines is 1. The lowest BCUT2D eigenvalue weighted by Crippen LogP contribution is -2.11. The Morgan fingerprint density at radius 2 is 2.06 bits per heavy atom. The smallest absolute Gasteiger partial charge is 0.255 e. The van der Waals surface area contributed by atoms with Crippen molar-refractivity contribution in [2.24, 2.45) is 0 Å². The summed E-state index contributed by atoms with van der Waals surface area (Å²) in [5.74, 6) is -0.125. The van der Waals surface area contributed by atoms with Crippen LogP contribution in [0.4, 0.5) is 5.69 Å². The van der Waals surface area contributed by atoms with Crippen molar-refractivity contribution in [2.45, 2.75) is 32.2 Å². The van der Waals surface area contributed by atoms with E-state index in [9.17, 15) is 4.79 Å². The molecule has 4 heterocycles. The van der Waals surface area contributed by atoms with Crippen LogP contribution in [0.15, 0.2) is 61.2 Å². The van der Waals surface area contributed by atoms with Crippen LogP contribution in [-0.4, -0.2) is 30.1 Å². The van der Waals surface area contributed by atoms with E-state index >= 15 is 0 Å². The molecule has 1 aliphatic carbocycles. The van der Waals surface area contributed by atoms with Crippen molar-refractivity contribution in [3.8, 4) is 0 Å². The van der Waals surface area contributed by atoms with Gasteiger partial charge in [0.25, 0.3) is 5.91 Å². The first kappa shape index (κ1) is 17.9. The van der Waals surface area contributed by atoms with E-state index < -0.39 is 0 Å². The van der Waals surface area contributed by atoms with Gasteiger partial charge < -0.3 is 14.7 Å². The number of hydrogen-bond acceptors (Lipinski definition) is 3. The van der Waals surface area contributed by atoms with Gasteiger partial charge in [-0.25, -0.2) is 4.98 Å². The van der Waals surface area contributed by atoms with Gasteiger partial charge in [0.1, 0.15) is 5.65 Å². The van der Waals surface area contributed by atoms with Crippen molar-refractivity contribution in [3.63, 3.8) is 0 Å². The third kappa shape index (κ3) is 3.28. The van der Waals surface area contributed by atoms with Gasteiger partial charge in [-0.2, -0.15) is 5.10 Å². The van der Waals surface area contributed by atoms with E-state index in [-0.39, 0.29) is 5.91 Å². The summed E-state index contributed by atoms with van der Waals surface area (Å²) in [5, 5.41) is 8.52. The zero-order valence-electron chi connectivity index (χ0n) is 17.0. The number of nitrogens with one attached hydrogen (secondary N) is 2. The number of benzene rings is 1. The van der Waals surface area contributed by atoms with E-state index in [4.69, 9.17) is 0 Å². The first-order chi connectivity index (χ1) is 15.2. The quantitative estimate of drug-likeness (QED) is 0.466. The van der Waals surface area contributed by atoms with Crippen molar-refractivity contribution < 1.29 is 4.79 Å². The monoisotopic (exact) mass is 410 g/mol. The number of carbonyl (C=O) groups is 1. The van der Waals surface area contributed by atoms with E-state index in [1.165, 1.54) is 29.5 Å². The minimum atomic E-state index is -0.125. The van der Waals surface area contributed by atoms with Gasteiger partial charge in [-0.3, -0.25) is 9.48 Å². The Morgan fingerprint density at radius 1 is 1.13 bits per heavy atom. The third-order valence-electron chi connectivity index (χ3n) is 5.99. The Balaban J connectivity index is 1.20. The van der Waals surface area contributed by atoms with Gasteiger partial charge in [0, 0.05) is 40.8 Å². The number of aromatic nitrogens is 5. The van der Waals surface area contributed by atoms with Crippen molar-refractivity contribution in [1.82, 2.24) is 24.1 Å². The Bertz CT molecular complexity index is 1390. The maximum Gasteiger partial charge on any atom is 0.255 e. The lowest BCUT2D eigenvalue weighted by atomic mass is 9.95. The minimum absolute atomic E-state index is 0.125. The molecule has 154 valence electrons. The van der Waals surface area contributed by atoms with Crippen LogP contribution >= 0.6 is 0 Å². The van der Waals surface area contributed by atoms with Crippen LogP contribution in [0.25, 0.3) is 16.6 Å². The highest BCUT2D eigenvalue weighted by molar-refractivity contribution is 6.06. The summed E-state index contributed by atoms with van der Waals surface area (Å²) in [6.07, 6.45) is 12.1. The Kier molecular flexibility index (Phi) is 4.12. The molecule has 0 atom stereocenters. The van der Waals surface area contributed by atoms with E-state index in [0.29, 0.717) is 17.8 Å². The number of fused-ring (bicyclic) bond motifs is 4. The number of carbonyl (C=O) groups excluding carboxylic acids is 1. The number of nitrogens with zero attached hydrogens (tertiary/aromatic N) is 4. The maximum absolute atomic E-state index is 12.9. The summed E-state index contributed by atoms with van der Waals surface area (Å²) < 4.78 is 3.76. The number of amides is 1. The second kappa shape index (κ2) is 7.12. The SMILES string of the molecule is O=C(Nc1cnn(Cc2cn3ccccc3n2)c1)c1ccc2[nH]c3c(c2c1)CCCC3. The normalized spacial score (nSPS) is 13.5. The highest BCUT2D eigenvalue weighted by Crippen LogP contribution is 2.29. The van der Waals surface area contributed by atoms with Crippen molar-refractivity contribution >= 4 is 28.1 Å². The van der Waals surface area contributed by atoms with Gasteiger partial charge >= 0.3 is 0 Å². The average molecular weight is 410 g/mol. The Morgan fingerprint density at radius 3 is 3.00 bits per heavy atom. The molecule has 6 rings (SSSR count). The number of rotatable bonds is 4. The molecule has 0 saturated carbocycles. The van der Waals surface area contributed by atoms with Crippen molar-refractivity contribution in [3.05, 3.63) is 83.7 Å². The fourth-order valence-corrected chi connectivity index (χ4v) is 4.49. The molecule has 7 nitrogen and oxygen atoms in total. The van der Waals surface area contributed by atoms with E-state index in [2.05, 4.69) is 20.4 Å². The first-order valence-electron chi connectivity index (χ1n) is 10.6. The van der Waals surface area contributed by atoms with E-state index in [1.807, 2.05) is 59.4 Å². The molecule has 0 radical (unpaired) electrons. The summed E-state index contributed by atoms with van der Waals surface area (Å²) in [4.78, 5) is 21.0. The molecule has 0 bridgehead atoms. The lowest BCUT2D eigenvalue weighted by molar-refractivity contribution is 0.102. The lowest BCUT2D eigenvalue weighted by Gasteiger charge is -2.10. The average Bonchev–Trinajstić information content (AvgIpc) is 3.49. The predicted octanol–water partition coefficient (Wildman–Crippen LogP) is 4.19. The fourth-order valence-electron chi connectivity index (χ4n) is 4.49. The van der Waals surface area contributed by atoms with Crippen molar-refractivity contribution in [1.29, 1.82) is 0 Å². The number of aryl methyl sites for hydroxylation is 2. The van der Waals surface area contributed by atoms with Crippen molar-refractivity contribution in [2.75, 3.05) is 5.32 Å². The molecule has 31 heavy (non-hydrogen) atoms. The summed E-state index contributed by atoms with van der Waals surface area (Å²) in [5.41, 5.74) is 6.96. The summed E-state index contributed by atoms with van der Waals surface area (Å²) in [7, 11) is 0. The van der Waals surface area contributed by atoms with Crippen LogP contribution in [0, 0.1) is 0 Å². The molecule has 5 aromatic rings. The number of imidazole rings is 1. The molecule has 0 fully saturated rings. The number of hydrogen-bond donors (Lipinski definition) is 2. The molecule has 2 N–H and O–H groups in total. The largest absolute Gasteiger partial charge is 0.358 e. The van der Waals surface area contributed by atoms with Gasteiger partial charge in [0.2, 0.25) is 0 Å². The van der Waals surface area contributed by atoms with Crippen LogP contribution in [0.3, 0.4) is 0 Å². The molecule has 1 aromatic carbocycles. The topological polar surface area (TPSA) is 80.0 Å². The number of pyridine rings is 1.